The number of pyridine rings is 1. The monoisotopic (exact) mass is 452 g/mol. The Kier molecular flexibility index (Phi) is 5.43. The molecule has 5 heterocycles. The van der Waals surface area contributed by atoms with Crippen molar-refractivity contribution >= 4 is 46.1 Å². The smallest absolute Gasteiger partial charge is 0.253 e. The van der Waals surface area contributed by atoms with Crippen molar-refractivity contribution in [3.63, 3.8) is 0 Å². The van der Waals surface area contributed by atoms with Gasteiger partial charge in [0.15, 0.2) is 5.82 Å². The van der Waals surface area contributed by atoms with E-state index < -0.39 is 0 Å². The Bertz CT molecular complexity index is 1150. The fraction of sp³-hybridized carbons (Fsp3) is 0.150. The summed E-state index contributed by atoms with van der Waals surface area (Å²) in [5, 5.41) is 18.0. The molecule has 0 saturated carbocycles. The van der Waals surface area contributed by atoms with Crippen LogP contribution in [0, 0.1) is 0 Å². The van der Waals surface area contributed by atoms with E-state index in [0.29, 0.717) is 11.0 Å². The highest BCUT2D eigenvalue weighted by molar-refractivity contribution is 7.99. The van der Waals surface area contributed by atoms with E-state index in [9.17, 15) is 4.79 Å². The van der Waals surface area contributed by atoms with Gasteiger partial charge in [0, 0.05) is 29.3 Å². The molecule has 1 N–H and O–H groups in total. The van der Waals surface area contributed by atoms with Crippen LogP contribution < -0.4 is 0 Å². The largest absolute Gasteiger partial charge is 0.272 e. The van der Waals surface area contributed by atoms with Gasteiger partial charge in [-0.2, -0.15) is 5.10 Å². The lowest BCUT2D eigenvalue weighted by Crippen LogP contribution is -2.28. The Balaban J connectivity index is 1.31. The molecule has 1 amide bonds. The summed E-state index contributed by atoms with van der Waals surface area (Å²) in [6.45, 7) is 0. The first-order chi connectivity index (χ1) is 14.8. The maximum Gasteiger partial charge on any atom is 0.253 e. The number of hydrazone groups is 1. The Morgan fingerprint density at radius 1 is 1.17 bits per heavy atom. The van der Waals surface area contributed by atoms with Crippen LogP contribution in [-0.4, -0.2) is 42.5 Å². The summed E-state index contributed by atoms with van der Waals surface area (Å²) in [4.78, 5) is 23.8. The minimum absolute atomic E-state index is 0.0554. The third kappa shape index (κ3) is 3.93. The zero-order valence-corrected chi connectivity index (χ0v) is 18.1. The van der Waals surface area contributed by atoms with Gasteiger partial charge in [-0.25, -0.2) is 9.99 Å². The van der Waals surface area contributed by atoms with E-state index in [4.69, 9.17) is 0 Å². The average molecular weight is 453 g/mol. The fourth-order valence-corrected chi connectivity index (χ4v) is 5.36. The lowest BCUT2D eigenvalue weighted by Gasteiger charge is -2.20. The summed E-state index contributed by atoms with van der Waals surface area (Å²) in [7, 11) is 0. The van der Waals surface area contributed by atoms with Crippen LogP contribution in [0.1, 0.15) is 22.2 Å². The maximum absolute atomic E-state index is 13.0. The molecule has 4 aromatic heterocycles. The average Bonchev–Trinajstić information content (AvgIpc) is 3.57. The highest BCUT2D eigenvalue weighted by atomic mass is 32.2. The van der Waals surface area contributed by atoms with Crippen LogP contribution in [-0.2, 0) is 4.79 Å². The maximum atomic E-state index is 13.0. The second-order valence-electron chi connectivity index (χ2n) is 6.49. The Morgan fingerprint density at radius 2 is 2.00 bits per heavy atom. The highest BCUT2D eigenvalue weighted by Crippen LogP contribution is 2.36. The quantitative estimate of drug-likeness (QED) is 0.437. The molecule has 0 aliphatic carbocycles. The van der Waals surface area contributed by atoms with Crippen LogP contribution in [0.15, 0.2) is 69.8 Å². The molecule has 0 aromatic carbocycles. The topological polar surface area (TPSA) is 87.1 Å². The number of hydrogen-bond acceptors (Lipinski definition) is 8. The van der Waals surface area contributed by atoms with Crippen LogP contribution in [0.2, 0.25) is 0 Å². The zero-order chi connectivity index (χ0) is 20.3. The summed E-state index contributed by atoms with van der Waals surface area (Å²) in [5.74, 6) is 0.819. The molecule has 5 rings (SSSR count). The van der Waals surface area contributed by atoms with E-state index in [1.54, 1.807) is 40.1 Å². The molecule has 0 saturated heterocycles. The van der Waals surface area contributed by atoms with Crippen molar-refractivity contribution in [2.24, 2.45) is 5.10 Å². The molecule has 1 aliphatic rings. The van der Waals surface area contributed by atoms with Crippen molar-refractivity contribution in [2.45, 2.75) is 17.6 Å². The first kappa shape index (κ1) is 19.2. The van der Waals surface area contributed by atoms with Gasteiger partial charge in [0.2, 0.25) is 5.16 Å². The minimum Gasteiger partial charge on any atom is -0.272 e. The van der Waals surface area contributed by atoms with E-state index in [2.05, 4.69) is 31.3 Å². The van der Waals surface area contributed by atoms with Gasteiger partial charge in [-0.05, 0) is 35.0 Å². The van der Waals surface area contributed by atoms with Crippen molar-refractivity contribution in [3.8, 4) is 11.4 Å². The molecule has 0 radical (unpaired) electrons. The van der Waals surface area contributed by atoms with Crippen LogP contribution >= 0.6 is 34.4 Å². The van der Waals surface area contributed by atoms with Crippen LogP contribution in [0.3, 0.4) is 0 Å². The summed E-state index contributed by atoms with van der Waals surface area (Å²) < 4.78 is 0. The number of H-pyrrole nitrogens is 1. The van der Waals surface area contributed by atoms with Gasteiger partial charge < -0.3 is 0 Å². The molecule has 150 valence electrons. The van der Waals surface area contributed by atoms with Crippen LogP contribution in [0.25, 0.3) is 11.4 Å². The van der Waals surface area contributed by atoms with Crippen molar-refractivity contribution < 1.29 is 4.79 Å². The molecule has 0 spiro atoms. The second-order valence-corrected chi connectivity index (χ2v) is 9.36. The van der Waals surface area contributed by atoms with E-state index >= 15 is 0 Å². The summed E-state index contributed by atoms with van der Waals surface area (Å²) >= 11 is 4.60. The van der Waals surface area contributed by atoms with Gasteiger partial charge in [0.1, 0.15) is 0 Å². The minimum atomic E-state index is -0.0604. The predicted molar refractivity (Wildman–Crippen MR) is 120 cm³/mol. The molecular weight excluding hydrogens is 436 g/mol. The van der Waals surface area contributed by atoms with Crippen LogP contribution in [0.5, 0.6) is 0 Å². The second kappa shape index (κ2) is 8.50. The van der Waals surface area contributed by atoms with Gasteiger partial charge in [0.25, 0.3) is 5.91 Å². The lowest BCUT2D eigenvalue weighted by molar-refractivity contribution is -0.130. The van der Waals surface area contributed by atoms with E-state index in [-0.39, 0.29) is 17.7 Å². The molecule has 1 atom stereocenters. The first-order valence-corrected chi connectivity index (χ1v) is 11.9. The SMILES string of the molecule is O=C(CSc1n[nH]c(-c2ccncc2)n1)N1N=C(c2cccs2)C[C@@H]1c1cccs1. The molecule has 4 aromatic rings. The molecule has 0 fully saturated rings. The standard InChI is InChI=1S/C20H16N6OS3/c27-18(12-30-20-22-19(23-24-20)13-5-7-21-8-6-13)26-15(17-4-2-10-29-17)11-14(25-26)16-3-1-9-28-16/h1-10,15H,11-12H2,(H,22,23,24)/t15-/m1/s1. The molecule has 1 aliphatic heterocycles. The number of aromatic nitrogens is 4. The number of carbonyl (C=O) groups is 1. The normalized spacial score (nSPS) is 16.1. The third-order valence-electron chi connectivity index (χ3n) is 4.59. The molecule has 0 bridgehead atoms. The Labute approximate surface area is 184 Å². The van der Waals surface area contributed by atoms with Gasteiger partial charge in [0.05, 0.1) is 22.4 Å². The molecule has 7 nitrogen and oxygen atoms in total. The number of rotatable bonds is 6. The zero-order valence-electron chi connectivity index (χ0n) is 15.6. The number of thiophene rings is 2. The van der Waals surface area contributed by atoms with E-state index in [0.717, 1.165) is 27.5 Å². The number of thioether (sulfide) groups is 1. The molecule has 30 heavy (non-hydrogen) atoms. The lowest BCUT2D eigenvalue weighted by atomic mass is 10.1. The van der Waals surface area contributed by atoms with E-state index in [1.807, 2.05) is 41.1 Å². The summed E-state index contributed by atoms with van der Waals surface area (Å²) in [6, 6.07) is 11.8. The van der Waals surface area contributed by atoms with Crippen LogP contribution in [0.4, 0.5) is 0 Å². The number of carbonyl (C=O) groups excluding carboxylic acids is 1. The molecule has 0 unspecified atom stereocenters. The van der Waals surface area contributed by atoms with Crippen molar-refractivity contribution in [2.75, 3.05) is 5.75 Å². The number of nitrogens with one attached hydrogen (secondary N) is 1. The molecule has 10 heteroatoms. The fourth-order valence-electron chi connectivity index (χ4n) is 3.18. The van der Waals surface area contributed by atoms with Crippen molar-refractivity contribution in [1.82, 2.24) is 25.2 Å². The predicted octanol–water partition coefficient (Wildman–Crippen LogP) is 4.46. The Morgan fingerprint density at radius 3 is 2.77 bits per heavy atom. The summed E-state index contributed by atoms with van der Waals surface area (Å²) in [5.41, 5.74) is 1.86. The van der Waals surface area contributed by atoms with Crippen molar-refractivity contribution in [1.29, 1.82) is 0 Å². The number of aromatic amines is 1. The van der Waals surface area contributed by atoms with Gasteiger partial charge in [-0.3, -0.25) is 14.9 Å². The third-order valence-corrected chi connectivity index (χ3v) is 7.31. The summed E-state index contributed by atoms with van der Waals surface area (Å²) in [6.07, 6.45) is 4.13. The Hall–Kier alpha value is -2.82. The first-order valence-electron chi connectivity index (χ1n) is 9.20. The van der Waals surface area contributed by atoms with Crippen molar-refractivity contribution in [3.05, 3.63) is 69.3 Å². The van der Waals surface area contributed by atoms with Gasteiger partial charge in [-0.1, -0.05) is 23.9 Å². The molecular formula is C20H16N6OS3. The number of hydrogen-bond donors (Lipinski definition) is 1. The number of nitrogens with zero attached hydrogens (tertiary/aromatic N) is 5. The van der Waals surface area contributed by atoms with E-state index in [1.165, 1.54) is 11.8 Å². The van der Waals surface area contributed by atoms with Gasteiger partial charge in [-0.15, -0.1) is 27.8 Å². The number of amides is 1. The highest BCUT2D eigenvalue weighted by Gasteiger charge is 2.34. The van der Waals surface area contributed by atoms with Gasteiger partial charge >= 0.3 is 0 Å².